The van der Waals surface area contributed by atoms with Gasteiger partial charge in [-0.25, -0.2) is 0 Å². The van der Waals surface area contributed by atoms with Crippen molar-refractivity contribution in [1.82, 2.24) is 0 Å². The highest BCUT2D eigenvalue weighted by Crippen LogP contribution is 2.28. The third-order valence-electron chi connectivity index (χ3n) is 3.45. The molecule has 2 fully saturated rings. The lowest BCUT2D eigenvalue weighted by atomic mass is 9.88. The highest BCUT2D eigenvalue weighted by atomic mass is 16.6. The van der Waals surface area contributed by atoms with Gasteiger partial charge in [-0.15, -0.1) is 0 Å². The Morgan fingerprint density at radius 3 is 1.37 bits per heavy atom. The fourth-order valence-corrected chi connectivity index (χ4v) is 2.20. The van der Waals surface area contributed by atoms with Crippen LogP contribution in [0.2, 0.25) is 0 Å². The zero-order valence-corrected chi connectivity index (χ0v) is 11.7. The average Bonchev–Trinajstić information content (AvgIpc) is 2.37. The molecular weight excluding hydrogens is 248 g/mol. The summed E-state index contributed by atoms with van der Waals surface area (Å²) in [5, 5.41) is 0. The van der Waals surface area contributed by atoms with Crippen molar-refractivity contribution in [1.29, 1.82) is 0 Å². The first-order valence-electron chi connectivity index (χ1n) is 7.30. The van der Waals surface area contributed by atoms with Crippen LogP contribution < -0.4 is 0 Å². The van der Waals surface area contributed by atoms with Gasteiger partial charge in [0.25, 0.3) is 0 Å². The van der Waals surface area contributed by atoms with Gasteiger partial charge in [-0.1, -0.05) is 0 Å². The number of hydrogen-bond donors (Lipinski definition) is 0. The second kappa shape index (κ2) is 8.87. The molecule has 112 valence electrons. The molecule has 0 radical (unpaired) electrons. The van der Waals surface area contributed by atoms with Gasteiger partial charge in [0.2, 0.25) is 0 Å². The van der Waals surface area contributed by atoms with Crippen LogP contribution in [0.1, 0.15) is 19.3 Å². The Labute approximate surface area is 115 Å². The van der Waals surface area contributed by atoms with E-state index in [2.05, 4.69) is 0 Å². The van der Waals surface area contributed by atoms with Crippen LogP contribution in [0.4, 0.5) is 0 Å². The molecule has 0 saturated carbocycles. The molecule has 2 aliphatic rings. The summed E-state index contributed by atoms with van der Waals surface area (Å²) in [5.74, 6) is 0. The van der Waals surface area contributed by atoms with Crippen LogP contribution in [-0.2, 0) is 23.7 Å². The van der Waals surface area contributed by atoms with Gasteiger partial charge in [0, 0.05) is 13.2 Å². The maximum absolute atomic E-state index is 5.68. The Kier molecular flexibility index (Phi) is 7.09. The van der Waals surface area contributed by atoms with Crippen LogP contribution in [-0.4, -0.2) is 66.1 Å². The first-order valence-corrected chi connectivity index (χ1v) is 7.30. The van der Waals surface area contributed by atoms with Gasteiger partial charge >= 0.3 is 0 Å². The van der Waals surface area contributed by atoms with E-state index < -0.39 is 0 Å². The molecule has 0 N–H and O–H groups in total. The standard InChI is InChI=1S/C14H26O5/c1-2-4-15-6-8-17-10-14(12-19-13-14)11-18-9-7-16-5-3-1/h1-13H2. The fourth-order valence-electron chi connectivity index (χ4n) is 2.20. The van der Waals surface area contributed by atoms with Crippen LogP contribution in [0.15, 0.2) is 0 Å². The van der Waals surface area contributed by atoms with Crippen molar-refractivity contribution >= 4 is 0 Å². The minimum atomic E-state index is 0.0526. The maximum atomic E-state index is 5.68. The molecule has 0 aliphatic carbocycles. The molecule has 2 saturated heterocycles. The predicted octanol–water partition coefficient (Wildman–Crippen LogP) is 1.25. The molecule has 19 heavy (non-hydrogen) atoms. The molecule has 5 heteroatoms. The number of hydrogen-bond acceptors (Lipinski definition) is 5. The largest absolute Gasteiger partial charge is 0.380 e. The van der Waals surface area contributed by atoms with E-state index >= 15 is 0 Å². The summed E-state index contributed by atoms with van der Waals surface area (Å²) in [6, 6.07) is 0. The summed E-state index contributed by atoms with van der Waals surface area (Å²) in [4.78, 5) is 0. The monoisotopic (exact) mass is 274 g/mol. The molecule has 0 bridgehead atoms. The highest BCUT2D eigenvalue weighted by molar-refractivity contribution is 4.85. The van der Waals surface area contributed by atoms with E-state index in [4.69, 9.17) is 23.7 Å². The lowest BCUT2D eigenvalue weighted by molar-refractivity contribution is -0.181. The summed E-state index contributed by atoms with van der Waals surface area (Å²) in [6.45, 7) is 7.15. The zero-order valence-electron chi connectivity index (χ0n) is 11.7. The van der Waals surface area contributed by atoms with E-state index in [0.29, 0.717) is 39.6 Å². The SMILES string of the molecule is C1CCOCCOCC2(COCCOCC1)COC2. The quantitative estimate of drug-likeness (QED) is 0.665. The molecule has 2 rings (SSSR count). The highest BCUT2D eigenvalue weighted by Gasteiger charge is 2.39. The van der Waals surface area contributed by atoms with Crippen molar-refractivity contribution in [3.63, 3.8) is 0 Å². The third kappa shape index (κ3) is 5.75. The van der Waals surface area contributed by atoms with Gasteiger partial charge in [0.1, 0.15) is 0 Å². The molecule has 0 aromatic carbocycles. The summed E-state index contributed by atoms with van der Waals surface area (Å²) in [6.07, 6.45) is 3.34. The van der Waals surface area contributed by atoms with Crippen molar-refractivity contribution in [2.45, 2.75) is 19.3 Å². The molecule has 0 atom stereocenters. The molecule has 2 heterocycles. The smallest absolute Gasteiger partial charge is 0.0700 e. The number of rotatable bonds is 0. The Bertz CT molecular complexity index is 212. The lowest BCUT2D eigenvalue weighted by Crippen LogP contribution is -2.50. The predicted molar refractivity (Wildman–Crippen MR) is 70.4 cm³/mol. The fraction of sp³-hybridized carbons (Fsp3) is 1.00. The second-order valence-corrected chi connectivity index (χ2v) is 5.38. The van der Waals surface area contributed by atoms with Gasteiger partial charge in [-0.2, -0.15) is 0 Å². The van der Waals surface area contributed by atoms with Crippen molar-refractivity contribution in [3.05, 3.63) is 0 Å². The van der Waals surface area contributed by atoms with E-state index in [-0.39, 0.29) is 5.41 Å². The third-order valence-corrected chi connectivity index (χ3v) is 3.45. The lowest BCUT2D eigenvalue weighted by Gasteiger charge is -2.40. The number of ether oxygens (including phenoxy) is 5. The molecule has 1 spiro atoms. The first kappa shape index (κ1) is 15.2. The Hall–Kier alpha value is -0.200. The van der Waals surface area contributed by atoms with Gasteiger partial charge in [0.05, 0.1) is 58.3 Å². The van der Waals surface area contributed by atoms with Crippen LogP contribution in [0.25, 0.3) is 0 Å². The van der Waals surface area contributed by atoms with Gasteiger partial charge < -0.3 is 23.7 Å². The Morgan fingerprint density at radius 1 is 0.421 bits per heavy atom. The second-order valence-electron chi connectivity index (χ2n) is 5.38. The molecule has 0 aromatic heterocycles. The van der Waals surface area contributed by atoms with Crippen LogP contribution >= 0.6 is 0 Å². The van der Waals surface area contributed by atoms with Crippen molar-refractivity contribution < 1.29 is 23.7 Å². The minimum Gasteiger partial charge on any atom is -0.380 e. The van der Waals surface area contributed by atoms with E-state index in [1.54, 1.807) is 0 Å². The molecule has 2 aliphatic heterocycles. The van der Waals surface area contributed by atoms with E-state index in [1.165, 1.54) is 0 Å². The molecular formula is C14H26O5. The topological polar surface area (TPSA) is 46.2 Å². The van der Waals surface area contributed by atoms with Crippen molar-refractivity contribution in [2.24, 2.45) is 5.41 Å². The van der Waals surface area contributed by atoms with Crippen molar-refractivity contribution in [3.8, 4) is 0 Å². The molecule has 5 nitrogen and oxygen atoms in total. The van der Waals surface area contributed by atoms with E-state index in [9.17, 15) is 0 Å². The van der Waals surface area contributed by atoms with Crippen LogP contribution in [0.3, 0.4) is 0 Å². The van der Waals surface area contributed by atoms with Crippen LogP contribution in [0.5, 0.6) is 0 Å². The maximum Gasteiger partial charge on any atom is 0.0700 e. The molecule has 0 aromatic rings. The van der Waals surface area contributed by atoms with Crippen LogP contribution in [0, 0.1) is 5.41 Å². The van der Waals surface area contributed by atoms with Crippen molar-refractivity contribution in [2.75, 3.05) is 66.1 Å². The Morgan fingerprint density at radius 2 is 0.895 bits per heavy atom. The van der Waals surface area contributed by atoms with Gasteiger partial charge in [0.15, 0.2) is 0 Å². The Balaban J connectivity index is 1.67. The first-order chi connectivity index (χ1) is 9.41. The van der Waals surface area contributed by atoms with Gasteiger partial charge in [-0.05, 0) is 19.3 Å². The van der Waals surface area contributed by atoms with Gasteiger partial charge in [-0.3, -0.25) is 0 Å². The average molecular weight is 274 g/mol. The van der Waals surface area contributed by atoms with E-state index in [1.807, 2.05) is 0 Å². The summed E-state index contributed by atoms with van der Waals surface area (Å²) >= 11 is 0. The summed E-state index contributed by atoms with van der Waals surface area (Å²) < 4.78 is 27.7. The molecule has 0 unspecified atom stereocenters. The van der Waals surface area contributed by atoms with E-state index in [0.717, 1.165) is 45.7 Å². The minimum absolute atomic E-state index is 0.0526. The normalized spacial score (nSPS) is 27.8. The summed E-state index contributed by atoms with van der Waals surface area (Å²) in [7, 11) is 0. The zero-order chi connectivity index (χ0) is 13.2. The summed E-state index contributed by atoms with van der Waals surface area (Å²) in [5.41, 5.74) is 0.0526. The molecule has 0 amide bonds.